The number of hydrogen-bond donors (Lipinski definition) is 3. The predicted molar refractivity (Wildman–Crippen MR) is 143 cm³/mol. The highest BCUT2D eigenvalue weighted by Crippen LogP contribution is 2.47. The number of benzene rings is 1. The van der Waals surface area contributed by atoms with E-state index in [1.165, 1.54) is 11.1 Å². The van der Waals surface area contributed by atoms with Gasteiger partial charge in [0, 0.05) is 47.5 Å². The third-order valence-corrected chi connectivity index (χ3v) is 6.28. The number of ether oxygens (including phenoxy) is 1. The van der Waals surface area contributed by atoms with Gasteiger partial charge in [-0.2, -0.15) is 5.10 Å². The van der Waals surface area contributed by atoms with Crippen molar-refractivity contribution in [2.24, 2.45) is 11.0 Å². The number of aromatic amines is 1. The number of rotatable bonds is 4. The maximum absolute atomic E-state index is 12.9. The monoisotopic (exact) mass is 512 g/mol. The van der Waals surface area contributed by atoms with E-state index in [0.29, 0.717) is 33.4 Å². The second-order valence-electron chi connectivity index (χ2n) is 10.4. The second kappa shape index (κ2) is 9.67. The summed E-state index contributed by atoms with van der Waals surface area (Å²) in [6, 6.07) is 7.27. The standard InChI is InChI=1S/C28H28N6O4/c1-28(2,3)38-27(37)34(4)10-6-8-22-21-15-30-33-26(36)20-11-17(12-23(32-22)24(20)21)31-25(35)19-13-18(19)16-7-5-9-29-14-16/h5,7,9,11-12,14-15,18-19,32H,10,13H2,1-4H3,(H,31,35)(H,33,36). The van der Waals surface area contributed by atoms with Crippen LogP contribution in [-0.2, 0) is 9.53 Å². The second-order valence-corrected chi connectivity index (χ2v) is 10.4. The molecule has 10 nitrogen and oxygen atoms in total. The van der Waals surface area contributed by atoms with Gasteiger partial charge in [-0.05, 0) is 62.8 Å². The lowest BCUT2D eigenvalue weighted by molar-refractivity contribution is -0.117. The minimum Gasteiger partial charge on any atom is -0.444 e. The van der Waals surface area contributed by atoms with Gasteiger partial charge in [0.2, 0.25) is 5.91 Å². The molecular formula is C28H28N6O4. The predicted octanol–water partition coefficient (Wildman–Crippen LogP) is 3.60. The number of carbonyl (C=O) groups is 3. The van der Waals surface area contributed by atoms with Crippen LogP contribution in [0.5, 0.6) is 0 Å². The summed E-state index contributed by atoms with van der Waals surface area (Å²) >= 11 is 0. The van der Waals surface area contributed by atoms with E-state index in [-0.39, 0.29) is 30.2 Å². The van der Waals surface area contributed by atoms with Crippen LogP contribution in [0.25, 0.3) is 10.9 Å². The fourth-order valence-electron chi connectivity index (χ4n) is 4.39. The van der Waals surface area contributed by atoms with Gasteiger partial charge in [-0.3, -0.25) is 14.6 Å². The average molecular weight is 513 g/mol. The molecule has 1 fully saturated rings. The summed E-state index contributed by atoms with van der Waals surface area (Å²) in [5, 5.41) is 7.64. The number of pyridine rings is 1. The van der Waals surface area contributed by atoms with Crippen molar-refractivity contribution < 1.29 is 19.1 Å². The molecule has 2 atom stereocenters. The van der Waals surface area contributed by atoms with Gasteiger partial charge in [-0.25, -0.2) is 10.2 Å². The molecule has 0 spiro atoms. The van der Waals surface area contributed by atoms with Crippen molar-refractivity contribution in [3.63, 3.8) is 0 Å². The molecule has 3 amide bonds. The molecule has 0 radical (unpaired) electrons. The van der Waals surface area contributed by atoms with Crippen LogP contribution in [0.2, 0.25) is 0 Å². The Kier molecular flexibility index (Phi) is 6.36. The van der Waals surface area contributed by atoms with Crippen molar-refractivity contribution in [1.29, 1.82) is 0 Å². The van der Waals surface area contributed by atoms with Crippen molar-refractivity contribution in [2.75, 3.05) is 18.9 Å². The highest BCUT2D eigenvalue weighted by Gasteiger charge is 2.44. The van der Waals surface area contributed by atoms with Gasteiger partial charge in [0.25, 0.3) is 5.91 Å². The van der Waals surface area contributed by atoms with Gasteiger partial charge >= 0.3 is 6.09 Å². The number of nitrogens with one attached hydrogen (secondary N) is 3. The minimum absolute atomic E-state index is 0.104. The molecule has 0 saturated heterocycles. The molecule has 194 valence electrons. The van der Waals surface area contributed by atoms with Crippen molar-refractivity contribution in [3.8, 4) is 11.8 Å². The molecule has 5 rings (SSSR count). The van der Waals surface area contributed by atoms with Crippen LogP contribution >= 0.6 is 0 Å². The lowest BCUT2D eigenvalue weighted by Gasteiger charge is -2.23. The van der Waals surface area contributed by atoms with E-state index in [0.717, 1.165) is 12.0 Å². The summed E-state index contributed by atoms with van der Waals surface area (Å²) < 4.78 is 5.35. The zero-order chi connectivity index (χ0) is 27.0. The Balaban J connectivity index is 1.38. The van der Waals surface area contributed by atoms with Crippen LogP contribution < -0.4 is 10.7 Å². The van der Waals surface area contributed by atoms with E-state index in [9.17, 15) is 14.4 Å². The molecule has 0 bridgehead atoms. The number of hydrazone groups is 1. The Morgan fingerprint density at radius 2 is 2.11 bits per heavy atom. The van der Waals surface area contributed by atoms with Gasteiger partial charge in [-0.15, -0.1) is 0 Å². The summed E-state index contributed by atoms with van der Waals surface area (Å²) in [5.74, 6) is 5.52. The summed E-state index contributed by atoms with van der Waals surface area (Å²) in [5.41, 5.74) is 5.65. The van der Waals surface area contributed by atoms with Gasteiger partial charge in [0.15, 0.2) is 0 Å². The Morgan fingerprint density at radius 1 is 1.29 bits per heavy atom. The van der Waals surface area contributed by atoms with Crippen molar-refractivity contribution >= 4 is 40.7 Å². The number of H-pyrrole nitrogens is 1. The average Bonchev–Trinajstić information content (AvgIpc) is 3.62. The van der Waals surface area contributed by atoms with Crippen LogP contribution in [0.4, 0.5) is 10.5 Å². The molecule has 3 heterocycles. The molecule has 38 heavy (non-hydrogen) atoms. The SMILES string of the molecule is CN(CC#Cc1[nH]c2cc(NC(=O)C3CC3c3cccnc3)cc3c2c1C=NNC3=O)C(=O)OC(C)(C)C. The third kappa shape index (κ3) is 5.22. The van der Waals surface area contributed by atoms with Crippen LogP contribution in [-0.4, -0.2) is 58.2 Å². The summed E-state index contributed by atoms with van der Waals surface area (Å²) in [6.07, 6.45) is 5.32. The molecule has 1 aliphatic carbocycles. The molecule has 1 aliphatic heterocycles. The van der Waals surface area contributed by atoms with Gasteiger partial charge in [0.05, 0.1) is 24.0 Å². The normalized spacial score (nSPS) is 17.6. The summed E-state index contributed by atoms with van der Waals surface area (Å²) in [4.78, 5) is 46.7. The Bertz CT molecular complexity index is 1520. The van der Waals surface area contributed by atoms with Gasteiger partial charge < -0.3 is 19.9 Å². The zero-order valence-corrected chi connectivity index (χ0v) is 21.6. The molecule has 2 unspecified atom stereocenters. The first-order chi connectivity index (χ1) is 18.1. The molecule has 2 aromatic heterocycles. The number of amides is 3. The Morgan fingerprint density at radius 3 is 2.84 bits per heavy atom. The van der Waals surface area contributed by atoms with E-state index >= 15 is 0 Å². The van der Waals surface area contributed by atoms with Crippen LogP contribution in [0.15, 0.2) is 41.8 Å². The summed E-state index contributed by atoms with van der Waals surface area (Å²) in [6.45, 7) is 5.55. The van der Waals surface area contributed by atoms with Crippen molar-refractivity contribution in [2.45, 2.75) is 38.7 Å². The number of hydrogen-bond acceptors (Lipinski definition) is 6. The van der Waals surface area contributed by atoms with E-state index in [2.05, 4.69) is 37.7 Å². The lowest BCUT2D eigenvalue weighted by atomic mass is 10.0. The number of nitrogens with zero attached hydrogens (tertiary/aromatic N) is 3. The quantitative estimate of drug-likeness (QED) is 0.460. The maximum Gasteiger partial charge on any atom is 0.410 e. The zero-order valence-electron chi connectivity index (χ0n) is 21.6. The minimum atomic E-state index is -0.600. The maximum atomic E-state index is 12.9. The van der Waals surface area contributed by atoms with Crippen molar-refractivity contribution in [1.82, 2.24) is 20.3 Å². The number of anilines is 1. The first-order valence-electron chi connectivity index (χ1n) is 12.3. The van der Waals surface area contributed by atoms with Crippen LogP contribution in [0, 0.1) is 17.8 Å². The molecular weight excluding hydrogens is 484 g/mol. The van der Waals surface area contributed by atoms with E-state index in [1.807, 2.05) is 12.1 Å². The Hall–Kier alpha value is -4.65. The molecule has 10 heteroatoms. The van der Waals surface area contributed by atoms with Gasteiger partial charge in [0.1, 0.15) is 5.60 Å². The van der Waals surface area contributed by atoms with Gasteiger partial charge in [-0.1, -0.05) is 12.0 Å². The number of carbonyl (C=O) groups excluding carboxylic acids is 3. The van der Waals surface area contributed by atoms with Crippen molar-refractivity contribution in [3.05, 3.63) is 59.0 Å². The van der Waals surface area contributed by atoms with Crippen LogP contribution in [0.3, 0.4) is 0 Å². The molecule has 3 N–H and O–H groups in total. The topological polar surface area (TPSA) is 129 Å². The van der Waals surface area contributed by atoms with E-state index in [1.54, 1.807) is 52.3 Å². The fourth-order valence-corrected chi connectivity index (χ4v) is 4.39. The molecule has 1 aromatic carbocycles. The van der Waals surface area contributed by atoms with E-state index < -0.39 is 11.7 Å². The summed E-state index contributed by atoms with van der Waals surface area (Å²) in [7, 11) is 1.61. The lowest BCUT2D eigenvalue weighted by Crippen LogP contribution is -2.34. The molecule has 3 aromatic rings. The first kappa shape index (κ1) is 25.0. The number of aromatic nitrogens is 2. The smallest absolute Gasteiger partial charge is 0.410 e. The Labute approximate surface area is 219 Å². The third-order valence-electron chi connectivity index (χ3n) is 6.28. The largest absolute Gasteiger partial charge is 0.444 e. The van der Waals surface area contributed by atoms with E-state index in [4.69, 9.17) is 4.74 Å². The highest BCUT2D eigenvalue weighted by molar-refractivity contribution is 6.16. The first-order valence-corrected chi connectivity index (χ1v) is 12.3. The molecule has 1 saturated carbocycles. The fraction of sp³-hybridized carbons (Fsp3) is 0.321. The highest BCUT2D eigenvalue weighted by atomic mass is 16.6. The van der Waals surface area contributed by atoms with Crippen LogP contribution in [0.1, 0.15) is 60.3 Å². The molecule has 2 aliphatic rings.